The summed E-state index contributed by atoms with van der Waals surface area (Å²) >= 11 is 0. The highest BCUT2D eigenvalue weighted by atomic mass is 19.4. The lowest BCUT2D eigenvalue weighted by Gasteiger charge is -2.32. The number of ether oxygens (including phenoxy) is 1. The molecule has 2 aromatic heterocycles. The van der Waals surface area contributed by atoms with E-state index >= 15 is 0 Å². The number of fused-ring (bicyclic) bond motifs is 1. The van der Waals surface area contributed by atoms with Crippen molar-refractivity contribution in [3.63, 3.8) is 0 Å². The number of carboxylic acid groups (broad SMARTS) is 1. The minimum absolute atomic E-state index is 0.308. The summed E-state index contributed by atoms with van der Waals surface area (Å²) in [5, 5.41) is 15.3. The van der Waals surface area contributed by atoms with Crippen LogP contribution in [-0.4, -0.2) is 56.9 Å². The molecule has 7 nitrogen and oxygen atoms in total. The van der Waals surface area contributed by atoms with Gasteiger partial charge >= 0.3 is 12.1 Å². The van der Waals surface area contributed by atoms with Crippen LogP contribution >= 0.6 is 0 Å². The number of benzene rings is 2. The van der Waals surface area contributed by atoms with Gasteiger partial charge in [-0.2, -0.15) is 18.3 Å². The van der Waals surface area contributed by atoms with Gasteiger partial charge in [0.1, 0.15) is 11.2 Å². The molecule has 0 bridgehead atoms. The predicted molar refractivity (Wildman–Crippen MR) is 139 cm³/mol. The van der Waals surface area contributed by atoms with Crippen molar-refractivity contribution >= 4 is 11.6 Å². The lowest BCUT2D eigenvalue weighted by atomic mass is 9.72. The second-order valence-corrected chi connectivity index (χ2v) is 10.1. The van der Waals surface area contributed by atoms with Gasteiger partial charge in [0, 0.05) is 31.7 Å². The molecule has 1 aliphatic rings. The number of hydrogen-bond donors (Lipinski definition) is 1. The molecular formula is C29H28F4N4O3. The van der Waals surface area contributed by atoms with E-state index in [9.17, 15) is 27.5 Å². The van der Waals surface area contributed by atoms with Gasteiger partial charge in [0.25, 0.3) is 0 Å². The summed E-state index contributed by atoms with van der Waals surface area (Å²) in [6, 6.07) is 12.1. The number of hydrogen-bond acceptors (Lipinski definition) is 5. The zero-order valence-electron chi connectivity index (χ0n) is 22.0. The Bertz CT molecular complexity index is 1530. The molecule has 2 atom stereocenters. The highest BCUT2D eigenvalue weighted by Gasteiger charge is 2.44. The van der Waals surface area contributed by atoms with E-state index in [2.05, 4.69) is 9.88 Å². The average Bonchev–Trinajstić information content (AvgIpc) is 3.30. The van der Waals surface area contributed by atoms with Crippen LogP contribution in [0.1, 0.15) is 42.3 Å². The molecule has 0 saturated carbocycles. The molecule has 0 amide bonds. The summed E-state index contributed by atoms with van der Waals surface area (Å²) in [5.41, 5.74) is 0.334. The van der Waals surface area contributed by atoms with Crippen molar-refractivity contribution in [2.75, 3.05) is 26.3 Å². The molecule has 1 saturated heterocycles. The fraction of sp³-hybridized carbons (Fsp3) is 0.345. The summed E-state index contributed by atoms with van der Waals surface area (Å²) in [6.07, 6.45) is -3.02. The SMILES string of the molecule is CC(c1cccc(F)c1)[C@@](C)(C(=O)O)c1ccnc2c(-c3ccc(C(F)(F)F)cc3)c(CN3CCOCC3)nn12. The van der Waals surface area contributed by atoms with Crippen LogP contribution < -0.4 is 0 Å². The fourth-order valence-corrected chi connectivity index (χ4v) is 5.21. The second kappa shape index (κ2) is 10.6. The Morgan fingerprint density at radius 2 is 1.80 bits per heavy atom. The Morgan fingerprint density at radius 1 is 1.10 bits per heavy atom. The van der Waals surface area contributed by atoms with Gasteiger partial charge < -0.3 is 9.84 Å². The van der Waals surface area contributed by atoms with Gasteiger partial charge in [-0.05, 0) is 48.4 Å². The molecule has 1 unspecified atom stereocenters. The van der Waals surface area contributed by atoms with Crippen molar-refractivity contribution in [1.82, 2.24) is 19.5 Å². The van der Waals surface area contributed by atoms with E-state index in [0.29, 0.717) is 66.6 Å². The molecular weight excluding hydrogens is 528 g/mol. The van der Waals surface area contributed by atoms with Crippen LogP contribution in [0.2, 0.25) is 0 Å². The molecule has 11 heteroatoms. The van der Waals surface area contributed by atoms with Crippen LogP contribution in [-0.2, 0) is 27.7 Å². The Morgan fingerprint density at radius 3 is 2.42 bits per heavy atom. The smallest absolute Gasteiger partial charge is 0.416 e. The molecule has 1 N–H and O–H groups in total. The predicted octanol–water partition coefficient (Wildman–Crippen LogP) is 5.53. The van der Waals surface area contributed by atoms with Crippen molar-refractivity contribution in [1.29, 1.82) is 0 Å². The zero-order valence-corrected chi connectivity index (χ0v) is 22.0. The molecule has 210 valence electrons. The first-order valence-electron chi connectivity index (χ1n) is 12.8. The molecule has 0 spiro atoms. The number of nitrogens with zero attached hydrogens (tertiary/aromatic N) is 4. The summed E-state index contributed by atoms with van der Waals surface area (Å²) in [7, 11) is 0. The summed E-state index contributed by atoms with van der Waals surface area (Å²) < 4.78 is 60.8. The largest absolute Gasteiger partial charge is 0.481 e. The number of rotatable bonds is 7. The Labute approximate surface area is 228 Å². The number of carbonyl (C=O) groups is 1. The third-order valence-electron chi connectivity index (χ3n) is 7.76. The van der Waals surface area contributed by atoms with E-state index in [1.807, 2.05) is 0 Å². The van der Waals surface area contributed by atoms with Crippen LogP contribution in [0.15, 0.2) is 60.8 Å². The second-order valence-electron chi connectivity index (χ2n) is 10.1. The molecule has 5 rings (SSSR count). The lowest BCUT2D eigenvalue weighted by molar-refractivity contribution is -0.144. The zero-order chi connectivity index (χ0) is 28.7. The number of halogens is 4. The molecule has 2 aromatic carbocycles. The minimum atomic E-state index is -4.49. The number of aromatic nitrogens is 3. The summed E-state index contributed by atoms with van der Waals surface area (Å²) in [5.74, 6) is -2.29. The van der Waals surface area contributed by atoms with Crippen LogP contribution in [0.5, 0.6) is 0 Å². The highest BCUT2D eigenvalue weighted by molar-refractivity contribution is 5.84. The van der Waals surface area contributed by atoms with Gasteiger partial charge in [-0.1, -0.05) is 31.2 Å². The standard InChI is InChI=1S/C29H28F4N4O3/c1-18(20-4-3-5-22(30)16-20)28(2,27(38)39)24-10-11-34-26-25(19-6-8-21(9-7-19)29(31,32)33)23(35-37(24)26)17-36-12-14-40-15-13-36/h3-11,16,18H,12-15,17H2,1-2H3,(H,38,39)/t18?,28-/m1/s1. The highest BCUT2D eigenvalue weighted by Crippen LogP contribution is 2.41. The first-order chi connectivity index (χ1) is 19.0. The lowest BCUT2D eigenvalue weighted by Crippen LogP contribution is -2.40. The van der Waals surface area contributed by atoms with E-state index in [1.54, 1.807) is 26.0 Å². The van der Waals surface area contributed by atoms with E-state index in [0.717, 1.165) is 12.1 Å². The first-order valence-corrected chi connectivity index (χ1v) is 12.8. The van der Waals surface area contributed by atoms with E-state index < -0.39 is 34.9 Å². The number of morpholine rings is 1. The van der Waals surface area contributed by atoms with E-state index in [4.69, 9.17) is 9.84 Å². The monoisotopic (exact) mass is 556 g/mol. The van der Waals surface area contributed by atoms with Gasteiger partial charge in [0.2, 0.25) is 0 Å². The average molecular weight is 557 g/mol. The van der Waals surface area contributed by atoms with Gasteiger partial charge in [0.15, 0.2) is 5.65 Å². The Balaban J connectivity index is 1.70. The molecule has 0 radical (unpaired) electrons. The molecule has 1 aliphatic heterocycles. The van der Waals surface area contributed by atoms with Gasteiger partial charge in [-0.25, -0.2) is 13.9 Å². The fourth-order valence-electron chi connectivity index (χ4n) is 5.21. The number of aliphatic carboxylic acids is 1. The molecule has 40 heavy (non-hydrogen) atoms. The topological polar surface area (TPSA) is 80.0 Å². The molecule has 1 fully saturated rings. The van der Waals surface area contributed by atoms with Crippen LogP contribution in [0.25, 0.3) is 16.8 Å². The maximum atomic E-state index is 14.1. The summed E-state index contributed by atoms with van der Waals surface area (Å²) in [4.78, 5) is 19.5. The van der Waals surface area contributed by atoms with Crippen molar-refractivity contribution in [2.45, 2.75) is 37.9 Å². The number of alkyl halides is 3. The molecule has 0 aliphatic carbocycles. The Kier molecular flexibility index (Phi) is 7.36. The van der Waals surface area contributed by atoms with Gasteiger partial charge in [-0.15, -0.1) is 0 Å². The quantitative estimate of drug-likeness (QED) is 0.302. The Hall–Kier alpha value is -3.83. The van der Waals surface area contributed by atoms with Crippen LogP contribution in [0, 0.1) is 5.82 Å². The maximum Gasteiger partial charge on any atom is 0.416 e. The van der Waals surface area contributed by atoms with Crippen molar-refractivity contribution < 1.29 is 32.2 Å². The normalized spacial score (nSPS) is 17.1. The van der Waals surface area contributed by atoms with Crippen molar-refractivity contribution in [3.8, 4) is 11.1 Å². The van der Waals surface area contributed by atoms with E-state index in [1.165, 1.54) is 41.0 Å². The van der Waals surface area contributed by atoms with E-state index in [-0.39, 0.29) is 0 Å². The number of carboxylic acids is 1. The summed E-state index contributed by atoms with van der Waals surface area (Å²) in [6.45, 7) is 5.99. The first kappa shape index (κ1) is 27.7. The third kappa shape index (κ3) is 5.06. The molecule has 3 heterocycles. The van der Waals surface area contributed by atoms with Crippen LogP contribution in [0.4, 0.5) is 17.6 Å². The van der Waals surface area contributed by atoms with Crippen LogP contribution in [0.3, 0.4) is 0 Å². The third-order valence-corrected chi connectivity index (χ3v) is 7.76. The maximum absolute atomic E-state index is 14.1. The van der Waals surface area contributed by atoms with Gasteiger partial charge in [-0.3, -0.25) is 9.69 Å². The minimum Gasteiger partial charge on any atom is -0.481 e. The van der Waals surface area contributed by atoms with Crippen molar-refractivity contribution in [2.24, 2.45) is 0 Å². The van der Waals surface area contributed by atoms with Gasteiger partial charge in [0.05, 0.1) is 35.7 Å². The molecule has 4 aromatic rings. The van der Waals surface area contributed by atoms with Crippen molar-refractivity contribution in [3.05, 3.63) is 89.1 Å².